The van der Waals surface area contributed by atoms with E-state index in [-0.39, 0.29) is 11.9 Å². The summed E-state index contributed by atoms with van der Waals surface area (Å²) in [6.45, 7) is 2.05. The van der Waals surface area contributed by atoms with Gasteiger partial charge in [0.25, 0.3) is 0 Å². The van der Waals surface area contributed by atoms with E-state index in [1.54, 1.807) is 6.07 Å². The van der Waals surface area contributed by atoms with Crippen molar-refractivity contribution in [2.75, 3.05) is 13.7 Å². The Morgan fingerprint density at radius 2 is 2.16 bits per heavy atom. The molecule has 3 atom stereocenters. The number of rotatable bonds is 6. The zero-order valence-corrected chi connectivity index (χ0v) is 14.4. The maximum atomic E-state index is 12.0. The zero-order chi connectivity index (χ0) is 17.6. The molecule has 7 heteroatoms. The number of carboxylic acid groups (broad SMARTS) is 1. The molecule has 2 aliphatic carbocycles. The highest BCUT2D eigenvalue weighted by atomic mass is 16.5. The number of carbonyl (C=O) groups is 2. The Kier molecular flexibility index (Phi) is 4.29. The van der Waals surface area contributed by atoms with Gasteiger partial charge in [0.15, 0.2) is 0 Å². The van der Waals surface area contributed by atoms with E-state index in [0.29, 0.717) is 31.9 Å². The topological polar surface area (TPSA) is 89.8 Å². The van der Waals surface area contributed by atoms with E-state index < -0.39 is 12.0 Å². The van der Waals surface area contributed by atoms with Crippen LogP contribution in [0, 0.1) is 17.8 Å². The quantitative estimate of drug-likeness (QED) is 0.755. The summed E-state index contributed by atoms with van der Waals surface area (Å²) in [5.41, 5.74) is 2.23. The summed E-state index contributed by atoms with van der Waals surface area (Å²) in [6, 6.07) is 1.27. The fourth-order valence-corrected chi connectivity index (χ4v) is 4.54. The summed E-state index contributed by atoms with van der Waals surface area (Å²) in [7, 11) is 1.36. The first-order valence-corrected chi connectivity index (χ1v) is 8.92. The summed E-state index contributed by atoms with van der Waals surface area (Å²) in [5, 5.41) is 12.8. The fraction of sp³-hybridized carbons (Fsp3) is 0.667. The summed E-state index contributed by atoms with van der Waals surface area (Å²) < 4.78 is 12.4. The van der Waals surface area contributed by atoms with Gasteiger partial charge in [-0.2, -0.15) is 0 Å². The number of carboxylic acids is 1. The molecule has 2 heterocycles. The smallest absolute Gasteiger partial charge is 0.339 e. The lowest BCUT2D eigenvalue weighted by molar-refractivity contribution is -0.141. The number of carbonyl (C=O) groups excluding carboxylic acids is 1. The lowest BCUT2D eigenvalue weighted by Gasteiger charge is -2.24. The van der Waals surface area contributed by atoms with Crippen LogP contribution in [0.4, 0.5) is 0 Å². The SMILES string of the molecule is COC(=O)c1cc(CNC(C(=O)O)C2CC3CC3C2)n2c1COCC2. The Labute approximate surface area is 146 Å². The zero-order valence-electron chi connectivity index (χ0n) is 14.4. The predicted molar refractivity (Wildman–Crippen MR) is 88.0 cm³/mol. The van der Waals surface area contributed by atoms with E-state index in [0.717, 1.165) is 36.1 Å². The Bertz CT molecular complexity index is 688. The molecule has 1 aromatic heterocycles. The van der Waals surface area contributed by atoms with Gasteiger partial charge in [-0.15, -0.1) is 0 Å². The molecule has 2 N–H and O–H groups in total. The third-order valence-corrected chi connectivity index (χ3v) is 5.92. The van der Waals surface area contributed by atoms with Gasteiger partial charge >= 0.3 is 11.9 Å². The molecule has 0 amide bonds. The number of nitrogens with zero attached hydrogens (tertiary/aromatic N) is 1. The number of hydrogen-bond donors (Lipinski definition) is 2. The molecule has 1 aromatic rings. The van der Waals surface area contributed by atoms with Crippen LogP contribution in [0.5, 0.6) is 0 Å². The van der Waals surface area contributed by atoms with Gasteiger partial charge < -0.3 is 19.1 Å². The second-order valence-electron chi connectivity index (χ2n) is 7.38. The Balaban J connectivity index is 1.50. The maximum absolute atomic E-state index is 12.0. The van der Waals surface area contributed by atoms with Crippen molar-refractivity contribution >= 4 is 11.9 Å². The molecule has 136 valence electrons. The monoisotopic (exact) mass is 348 g/mol. The molecular formula is C18H24N2O5. The first-order valence-electron chi connectivity index (χ1n) is 8.92. The normalized spacial score (nSPS) is 28.1. The molecular weight excluding hydrogens is 324 g/mol. The molecule has 25 heavy (non-hydrogen) atoms. The molecule has 1 aliphatic heterocycles. The van der Waals surface area contributed by atoms with Crippen LogP contribution < -0.4 is 5.32 Å². The number of methoxy groups -OCH3 is 1. The van der Waals surface area contributed by atoms with Crippen LogP contribution in [0.1, 0.15) is 41.0 Å². The molecule has 3 unspecified atom stereocenters. The molecule has 3 aliphatic rings. The molecule has 4 rings (SSSR count). The van der Waals surface area contributed by atoms with Gasteiger partial charge in [-0.3, -0.25) is 10.1 Å². The Morgan fingerprint density at radius 1 is 1.40 bits per heavy atom. The van der Waals surface area contributed by atoms with E-state index >= 15 is 0 Å². The standard InChI is InChI=1S/C18H24N2O5/c1-24-18(23)14-7-13(20-2-3-25-9-15(14)20)8-19-16(17(21)22)12-5-10-4-11(10)6-12/h7,10-12,16,19H,2-6,8-9H2,1H3,(H,21,22). The third kappa shape index (κ3) is 3.06. The summed E-state index contributed by atoms with van der Waals surface area (Å²) in [4.78, 5) is 23.7. The summed E-state index contributed by atoms with van der Waals surface area (Å²) >= 11 is 0. The van der Waals surface area contributed by atoms with E-state index in [2.05, 4.69) is 5.32 Å². The second kappa shape index (κ2) is 6.46. The highest BCUT2D eigenvalue weighted by molar-refractivity contribution is 5.91. The highest BCUT2D eigenvalue weighted by Crippen LogP contribution is 2.55. The molecule has 7 nitrogen and oxygen atoms in total. The molecule has 2 saturated carbocycles. The van der Waals surface area contributed by atoms with Crippen LogP contribution in [-0.4, -0.2) is 41.4 Å². The number of hydrogen-bond acceptors (Lipinski definition) is 5. The Hall–Kier alpha value is -1.86. The van der Waals surface area contributed by atoms with E-state index in [4.69, 9.17) is 9.47 Å². The van der Waals surface area contributed by atoms with Crippen molar-refractivity contribution in [3.05, 3.63) is 23.0 Å². The van der Waals surface area contributed by atoms with Gasteiger partial charge in [0.1, 0.15) is 6.04 Å². The van der Waals surface area contributed by atoms with Gasteiger partial charge in [-0.25, -0.2) is 4.79 Å². The van der Waals surface area contributed by atoms with Crippen molar-refractivity contribution < 1.29 is 24.2 Å². The number of nitrogens with one attached hydrogen (secondary N) is 1. The van der Waals surface area contributed by atoms with Gasteiger partial charge in [0.2, 0.25) is 0 Å². The number of aromatic nitrogens is 1. The van der Waals surface area contributed by atoms with Gasteiger partial charge in [0.05, 0.1) is 31.6 Å². The van der Waals surface area contributed by atoms with Crippen molar-refractivity contribution in [1.29, 1.82) is 0 Å². The average Bonchev–Trinajstić information content (AvgIpc) is 3.05. The number of aliphatic carboxylic acids is 1. The number of fused-ring (bicyclic) bond motifs is 2. The van der Waals surface area contributed by atoms with Crippen LogP contribution in [0.15, 0.2) is 6.07 Å². The number of esters is 1. The largest absolute Gasteiger partial charge is 0.480 e. The van der Waals surface area contributed by atoms with Crippen molar-refractivity contribution in [3.8, 4) is 0 Å². The van der Waals surface area contributed by atoms with Crippen LogP contribution in [0.3, 0.4) is 0 Å². The lowest BCUT2D eigenvalue weighted by Crippen LogP contribution is -2.42. The van der Waals surface area contributed by atoms with E-state index in [1.165, 1.54) is 13.5 Å². The third-order valence-electron chi connectivity index (χ3n) is 5.92. The van der Waals surface area contributed by atoms with Crippen LogP contribution in [0.2, 0.25) is 0 Å². The van der Waals surface area contributed by atoms with Gasteiger partial charge in [-0.05, 0) is 43.1 Å². The highest BCUT2D eigenvalue weighted by Gasteiger charge is 2.49. The Morgan fingerprint density at radius 3 is 2.84 bits per heavy atom. The first kappa shape index (κ1) is 16.6. The summed E-state index contributed by atoms with van der Waals surface area (Å²) in [5.74, 6) is 0.537. The summed E-state index contributed by atoms with van der Waals surface area (Å²) in [6.07, 6.45) is 3.31. The average molecular weight is 348 g/mol. The van der Waals surface area contributed by atoms with Gasteiger partial charge in [-0.1, -0.05) is 0 Å². The lowest BCUT2D eigenvalue weighted by atomic mass is 9.94. The van der Waals surface area contributed by atoms with Crippen molar-refractivity contribution in [2.24, 2.45) is 17.8 Å². The van der Waals surface area contributed by atoms with E-state index in [9.17, 15) is 14.7 Å². The minimum atomic E-state index is -0.784. The van der Waals surface area contributed by atoms with E-state index in [1.807, 2.05) is 4.57 Å². The van der Waals surface area contributed by atoms with Crippen LogP contribution >= 0.6 is 0 Å². The van der Waals surface area contributed by atoms with Crippen LogP contribution in [-0.2, 0) is 34.0 Å². The van der Waals surface area contributed by atoms with Crippen molar-refractivity contribution in [1.82, 2.24) is 9.88 Å². The van der Waals surface area contributed by atoms with Crippen LogP contribution in [0.25, 0.3) is 0 Å². The molecule has 0 aromatic carbocycles. The predicted octanol–water partition coefficient (Wildman–Crippen LogP) is 1.39. The molecule has 0 spiro atoms. The molecule has 0 radical (unpaired) electrons. The minimum absolute atomic E-state index is 0.209. The fourth-order valence-electron chi connectivity index (χ4n) is 4.54. The van der Waals surface area contributed by atoms with Crippen molar-refractivity contribution in [3.63, 3.8) is 0 Å². The second-order valence-corrected chi connectivity index (χ2v) is 7.38. The van der Waals surface area contributed by atoms with Gasteiger partial charge in [0, 0.05) is 18.8 Å². The van der Waals surface area contributed by atoms with Crippen molar-refractivity contribution in [2.45, 2.75) is 45.0 Å². The molecule has 2 fully saturated rings. The molecule has 0 bridgehead atoms. The molecule has 0 saturated heterocycles. The minimum Gasteiger partial charge on any atom is -0.480 e. The first-order chi connectivity index (χ1) is 12.1. The maximum Gasteiger partial charge on any atom is 0.339 e. The number of ether oxygens (including phenoxy) is 2.